The molecule has 9 heteroatoms. The Balaban J connectivity index is 2.64. The summed E-state index contributed by atoms with van der Waals surface area (Å²) in [6.07, 6.45) is 0. The second-order valence-electron chi connectivity index (χ2n) is 4.73. The summed E-state index contributed by atoms with van der Waals surface area (Å²) in [5.41, 5.74) is 6.01. The van der Waals surface area contributed by atoms with Crippen molar-refractivity contribution in [3.05, 3.63) is 50.0 Å². The Morgan fingerprint density at radius 2 is 2.00 bits per heavy atom. The molecular formula is C14H13Cl2N3O3S. The first-order valence-electron chi connectivity index (χ1n) is 6.45. The summed E-state index contributed by atoms with van der Waals surface area (Å²) in [6.45, 7) is 1.79. The highest BCUT2D eigenvalue weighted by molar-refractivity contribution is 7.71. The number of carbonyl (C=O) groups excluding carboxylic acids is 2. The van der Waals surface area contributed by atoms with Crippen molar-refractivity contribution >= 4 is 47.3 Å². The van der Waals surface area contributed by atoms with Crippen LogP contribution in [0.25, 0.3) is 0 Å². The molecule has 0 bridgehead atoms. The fraction of sp³-hybridized carbons (Fsp3) is 0.214. The van der Waals surface area contributed by atoms with E-state index in [9.17, 15) is 9.59 Å². The first kappa shape index (κ1) is 17.5. The number of primary amides is 1. The lowest BCUT2D eigenvalue weighted by Crippen LogP contribution is -2.23. The van der Waals surface area contributed by atoms with Crippen molar-refractivity contribution in [2.45, 2.75) is 13.0 Å². The van der Waals surface area contributed by atoms with E-state index in [1.165, 1.54) is 11.7 Å². The lowest BCUT2D eigenvalue weighted by Gasteiger charge is -2.17. The zero-order chi connectivity index (χ0) is 17.3. The van der Waals surface area contributed by atoms with Gasteiger partial charge in [-0.15, -0.1) is 0 Å². The molecule has 6 nitrogen and oxygen atoms in total. The second kappa shape index (κ2) is 6.74. The zero-order valence-corrected chi connectivity index (χ0v) is 14.6. The highest BCUT2D eigenvalue weighted by atomic mass is 35.5. The number of nitrogens with one attached hydrogen (secondary N) is 1. The molecule has 1 aromatic carbocycles. The Bertz CT molecular complexity index is 844. The average molecular weight is 374 g/mol. The topological polar surface area (TPSA) is 90.1 Å². The summed E-state index contributed by atoms with van der Waals surface area (Å²) in [4.78, 5) is 26.3. The number of imidazole rings is 1. The smallest absolute Gasteiger partial charge is 0.356 e. The maximum Gasteiger partial charge on any atom is 0.356 e. The van der Waals surface area contributed by atoms with Gasteiger partial charge in [-0.1, -0.05) is 29.3 Å². The number of amides is 1. The van der Waals surface area contributed by atoms with E-state index in [0.717, 1.165) is 5.56 Å². The molecule has 2 rings (SSSR count). The molecular weight excluding hydrogens is 361 g/mol. The third-order valence-electron chi connectivity index (χ3n) is 3.36. The SMILES string of the molecule is COC(=O)c1[nH]c(=S)n(C(C)c2ccc(Cl)c(Cl)c2)c1C(N)=O. The van der Waals surface area contributed by atoms with Gasteiger partial charge in [-0.3, -0.25) is 4.79 Å². The predicted octanol–water partition coefficient (Wildman–Crippen LogP) is 3.35. The Morgan fingerprint density at radius 1 is 1.35 bits per heavy atom. The van der Waals surface area contributed by atoms with Crippen molar-refractivity contribution in [3.8, 4) is 0 Å². The number of aromatic nitrogens is 2. The van der Waals surface area contributed by atoms with Crippen LogP contribution in [0.15, 0.2) is 18.2 Å². The second-order valence-corrected chi connectivity index (χ2v) is 5.93. The van der Waals surface area contributed by atoms with Crippen molar-refractivity contribution in [3.63, 3.8) is 0 Å². The van der Waals surface area contributed by atoms with Gasteiger partial charge in [-0.2, -0.15) is 0 Å². The van der Waals surface area contributed by atoms with Crippen molar-refractivity contribution in [2.24, 2.45) is 5.73 Å². The van der Waals surface area contributed by atoms with Crippen LogP contribution < -0.4 is 5.73 Å². The number of halogens is 2. The molecule has 2 aromatic rings. The maximum absolute atomic E-state index is 11.8. The fourth-order valence-electron chi connectivity index (χ4n) is 2.23. The Labute approximate surface area is 147 Å². The number of H-pyrrole nitrogens is 1. The number of hydrogen-bond donors (Lipinski definition) is 2. The number of nitrogens with two attached hydrogens (primary N) is 1. The number of nitrogens with zero attached hydrogens (tertiary/aromatic N) is 1. The Kier molecular flexibility index (Phi) is 5.13. The number of aromatic amines is 1. The first-order chi connectivity index (χ1) is 10.8. The molecule has 0 saturated carbocycles. The number of benzene rings is 1. The first-order valence-corrected chi connectivity index (χ1v) is 7.62. The standard InChI is InChI=1S/C14H13Cl2N3O3S/c1-6(7-3-4-8(15)9(16)5-7)19-11(12(17)20)10(13(21)22-2)18-14(19)23/h3-6H,1-2H3,(H2,17,20)(H,18,23). The van der Waals surface area contributed by atoms with Gasteiger partial charge in [0, 0.05) is 0 Å². The van der Waals surface area contributed by atoms with Crippen LogP contribution in [0.1, 0.15) is 39.5 Å². The third kappa shape index (κ3) is 3.26. The molecule has 0 spiro atoms. The van der Waals surface area contributed by atoms with Crippen LogP contribution in [0.2, 0.25) is 10.0 Å². The van der Waals surface area contributed by atoms with E-state index in [0.29, 0.717) is 10.0 Å². The van der Waals surface area contributed by atoms with E-state index in [1.807, 2.05) is 0 Å². The van der Waals surface area contributed by atoms with E-state index in [2.05, 4.69) is 9.72 Å². The monoisotopic (exact) mass is 373 g/mol. The summed E-state index contributed by atoms with van der Waals surface area (Å²) >= 11 is 17.1. The van der Waals surface area contributed by atoms with Gasteiger partial charge < -0.3 is 20.0 Å². The molecule has 122 valence electrons. The molecule has 0 fully saturated rings. The van der Waals surface area contributed by atoms with Gasteiger partial charge >= 0.3 is 5.97 Å². The van der Waals surface area contributed by atoms with Gasteiger partial charge in [0.2, 0.25) is 0 Å². The largest absolute Gasteiger partial charge is 0.464 e. The van der Waals surface area contributed by atoms with E-state index in [-0.39, 0.29) is 16.2 Å². The molecule has 1 aromatic heterocycles. The molecule has 0 radical (unpaired) electrons. The molecule has 23 heavy (non-hydrogen) atoms. The van der Waals surface area contributed by atoms with Crippen LogP contribution in [0.4, 0.5) is 0 Å². The van der Waals surface area contributed by atoms with Crippen LogP contribution in [-0.4, -0.2) is 28.5 Å². The minimum atomic E-state index is -0.801. The van der Waals surface area contributed by atoms with Gasteiger partial charge in [0.15, 0.2) is 10.5 Å². The average Bonchev–Trinajstić information content (AvgIpc) is 2.86. The normalized spacial score (nSPS) is 12.0. The van der Waals surface area contributed by atoms with Crippen molar-refractivity contribution in [2.75, 3.05) is 7.11 Å². The van der Waals surface area contributed by atoms with Crippen LogP contribution >= 0.6 is 35.4 Å². The molecule has 0 aliphatic carbocycles. The highest BCUT2D eigenvalue weighted by Crippen LogP contribution is 2.29. The van der Waals surface area contributed by atoms with Crippen LogP contribution in [0.3, 0.4) is 0 Å². The molecule has 0 saturated heterocycles. The quantitative estimate of drug-likeness (QED) is 0.634. The number of carbonyl (C=O) groups is 2. The van der Waals surface area contributed by atoms with Gasteiger partial charge in [0.25, 0.3) is 5.91 Å². The Hall–Kier alpha value is -1.83. The minimum Gasteiger partial charge on any atom is -0.464 e. The number of ether oxygens (including phenoxy) is 1. The van der Waals surface area contributed by atoms with E-state index < -0.39 is 17.9 Å². The summed E-state index contributed by atoms with van der Waals surface area (Å²) in [7, 11) is 1.20. The summed E-state index contributed by atoms with van der Waals surface area (Å²) < 4.78 is 6.25. The van der Waals surface area contributed by atoms with Gasteiger partial charge in [0.05, 0.1) is 23.2 Å². The predicted molar refractivity (Wildman–Crippen MR) is 89.7 cm³/mol. The van der Waals surface area contributed by atoms with E-state index >= 15 is 0 Å². The number of methoxy groups -OCH3 is 1. The number of rotatable bonds is 4. The van der Waals surface area contributed by atoms with Crippen LogP contribution in [-0.2, 0) is 4.74 Å². The fourth-order valence-corrected chi connectivity index (χ4v) is 2.89. The maximum atomic E-state index is 11.8. The van der Waals surface area contributed by atoms with Crippen LogP contribution in [0, 0.1) is 4.77 Å². The summed E-state index contributed by atoms with van der Waals surface area (Å²) in [6, 6.07) is 4.63. The van der Waals surface area contributed by atoms with Gasteiger partial charge in [-0.05, 0) is 36.8 Å². The summed E-state index contributed by atoms with van der Waals surface area (Å²) in [5.74, 6) is -1.53. The molecule has 0 aliphatic heterocycles. The van der Waals surface area contributed by atoms with Gasteiger partial charge in [0.1, 0.15) is 5.69 Å². The van der Waals surface area contributed by atoms with Crippen LogP contribution in [0.5, 0.6) is 0 Å². The minimum absolute atomic E-state index is 0.0552. The zero-order valence-electron chi connectivity index (χ0n) is 12.2. The molecule has 3 N–H and O–H groups in total. The van der Waals surface area contributed by atoms with Crippen molar-refractivity contribution in [1.82, 2.24) is 9.55 Å². The van der Waals surface area contributed by atoms with Crippen molar-refractivity contribution in [1.29, 1.82) is 0 Å². The van der Waals surface area contributed by atoms with Crippen molar-refractivity contribution < 1.29 is 14.3 Å². The lowest BCUT2D eigenvalue weighted by molar-refractivity contribution is 0.0590. The highest BCUT2D eigenvalue weighted by Gasteiger charge is 2.26. The number of hydrogen-bond acceptors (Lipinski definition) is 4. The number of esters is 1. The summed E-state index contributed by atoms with van der Waals surface area (Å²) in [5, 5.41) is 0.776. The molecule has 1 heterocycles. The third-order valence-corrected chi connectivity index (χ3v) is 4.40. The van der Waals surface area contributed by atoms with E-state index in [1.54, 1.807) is 25.1 Å². The van der Waals surface area contributed by atoms with E-state index in [4.69, 9.17) is 41.2 Å². The molecule has 0 aliphatic rings. The lowest BCUT2D eigenvalue weighted by atomic mass is 10.1. The molecule has 1 unspecified atom stereocenters. The van der Waals surface area contributed by atoms with Gasteiger partial charge in [-0.25, -0.2) is 4.79 Å². The molecule has 1 amide bonds. The molecule has 1 atom stereocenters. The Morgan fingerprint density at radius 3 is 2.52 bits per heavy atom.